The molecule has 2 heterocycles. The first-order valence-corrected chi connectivity index (χ1v) is 8.02. The van der Waals surface area contributed by atoms with Crippen molar-refractivity contribution in [1.82, 2.24) is 4.98 Å². The minimum Gasteiger partial charge on any atom is -0.481 e. The summed E-state index contributed by atoms with van der Waals surface area (Å²) < 4.78 is 5.83. The molecule has 0 bridgehead atoms. The lowest BCUT2D eigenvalue weighted by Gasteiger charge is -2.15. The fraction of sp³-hybridized carbons (Fsp3) is 0.211. The average Bonchev–Trinajstić information content (AvgIpc) is 3.18. The molecule has 6 nitrogen and oxygen atoms in total. The van der Waals surface area contributed by atoms with Crippen LogP contribution >= 0.6 is 0 Å². The van der Waals surface area contributed by atoms with Gasteiger partial charge in [-0.05, 0) is 36.8 Å². The molecule has 4 rings (SSSR count). The van der Waals surface area contributed by atoms with Crippen LogP contribution in [0.4, 0.5) is 5.69 Å². The van der Waals surface area contributed by atoms with Crippen molar-refractivity contribution in [2.45, 2.75) is 13.3 Å². The van der Waals surface area contributed by atoms with Crippen LogP contribution in [0, 0.1) is 12.8 Å². The molecule has 1 N–H and O–H groups in total. The monoisotopic (exact) mass is 336 g/mol. The van der Waals surface area contributed by atoms with Crippen LogP contribution in [0.15, 0.2) is 46.9 Å². The summed E-state index contributed by atoms with van der Waals surface area (Å²) in [7, 11) is 0. The molecule has 0 radical (unpaired) electrons. The molecule has 126 valence electrons. The average molecular weight is 336 g/mol. The molecular formula is C19H16N2O4. The minimum atomic E-state index is -0.944. The molecule has 2 aromatic carbocycles. The first kappa shape index (κ1) is 15.4. The Morgan fingerprint density at radius 2 is 2.08 bits per heavy atom. The number of hydrogen-bond acceptors (Lipinski definition) is 4. The maximum Gasteiger partial charge on any atom is 0.308 e. The lowest BCUT2D eigenvalue weighted by molar-refractivity contribution is -0.141. The van der Waals surface area contributed by atoms with Gasteiger partial charge in [-0.3, -0.25) is 9.59 Å². The van der Waals surface area contributed by atoms with Gasteiger partial charge in [-0.15, -0.1) is 0 Å². The van der Waals surface area contributed by atoms with E-state index in [1.807, 2.05) is 31.2 Å². The number of rotatable bonds is 3. The van der Waals surface area contributed by atoms with Gasteiger partial charge in [0.2, 0.25) is 11.8 Å². The number of aromatic nitrogens is 1. The Kier molecular flexibility index (Phi) is 3.53. The molecule has 0 unspecified atom stereocenters. The van der Waals surface area contributed by atoms with E-state index in [2.05, 4.69) is 4.98 Å². The summed E-state index contributed by atoms with van der Waals surface area (Å²) in [6.07, 6.45) is 0.0284. The zero-order valence-corrected chi connectivity index (χ0v) is 13.6. The third-order valence-corrected chi connectivity index (χ3v) is 4.53. The molecule has 1 aliphatic heterocycles. The lowest BCUT2D eigenvalue weighted by Crippen LogP contribution is -2.25. The van der Waals surface area contributed by atoms with Gasteiger partial charge in [0.25, 0.3) is 0 Å². The summed E-state index contributed by atoms with van der Waals surface area (Å²) >= 11 is 0. The van der Waals surface area contributed by atoms with E-state index in [-0.39, 0.29) is 18.9 Å². The topological polar surface area (TPSA) is 83.6 Å². The van der Waals surface area contributed by atoms with Crippen LogP contribution in [0.3, 0.4) is 0 Å². The molecule has 1 aromatic heterocycles. The highest BCUT2D eigenvalue weighted by Gasteiger charge is 2.35. The number of carboxylic acid groups (broad SMARTS) is 1. The predicted octanol–water partition coefficient (Wildman–Crippen LogP) is 3.24. The molecule has 3 aromatic rings. The fourth-order valence-corrected chi connectivity index (χ4v) is 3.13. The molecule has 25 heavy (non-hydrogen) atoms. The van der Waals surface area contributed by atoms with Crippen molar-refractivity contribution in [1.29, 1.82) is 0 Å². The highest BCUT2D eigenvalue weighted by atomic mass is 16.4. The Bertz CT molecular complexity index is 992. The normalized spacial score (nSPS) is 17.4. The van der Waals surface area contributed by atoms with Crippen molar-refractivity contribution in [3.05, 3.63) is 48.0 Å². The Morgan fingerprint density at radius 1 is 1.28 bits per heavy atom. The zero-order chi connectivity index (χ0) is 17.6. The highest BCUT2D eigenvalue weighted by Crippen LogP contribution is 2.31. The number of amides is 1. The quantitative estimate of drug-likeness (QED) is 0.794. The van der Waals surface area contributed by atoms with Gasteiger partial charge in [-0.2, -0.15) is 0 Å². The molecule has 1 saturated heterocycles. The third-order valence-electron chi connectivity index (χ3n) is 4.53. The zero-order valence-electron chi connectivity index (χ0n) is 13.6. The fourth-order valence-electron chi connectivity index (χ4n) is 3.13. The Morgan fingerprint density at radius 3 is 2.80 bits per heavy atom. The number of fused-ring (bicyclic) bond motifs is 1. The first-order chi connectivity index (χ1) is 12.0. The van der Waals surface area contributed by atoms with Gasteiger partial charge in [0.1, 0.15) is 5.52 Å². The molecule has 1 amide bonds. The van der Waals surface area contributed by atoms with Crippen LogP contribution in [-0.2, 0) is 9.59 Å². The number of aliphatic carboxylic acids is 1. The largest absolute Gasteiger partial charge is 0.481 e. The summed E-state index contributed by atoms with van der Waals surface area (Å²) in [5.41, 5.74) is 3.90. The number of carboxylic acids is 1. The summed E-state index contributed by atoms with van der Waals surface area (Å²) in [6, 6.07) is 13.1. The molecule has 0 spiro atoms. The predicted molar refractivity (Wildman–Crippen MR) is 92.3 cm³/mol. The molecule has 1 atom stereocenters. The summed E-state index contributed by atoms with van der Waals surface area (Å²) in [4.78, 5) is 29.3. The molecule has 1 aliphatic rings. The molecule has 6 heteroatoms. The van der Waals surface area contributed by atoms with E-state index in [0.29, 0.717) is 22.7 Å². The number of hydrogen-bond donors (Lipinski definition) is 1. The molecule has 0 saturated carbocycles. The van der Waals surface area contributed by atoms with E-state index >= 15 is 0 Å². The van der Waals surface area contributed by atoms with Crippen LogP contribution in [0.25, 0.3) is 22.6 Å². The first-order valence-electron chi connectivity index (χ1n) is 8.02. The summed E-state index contributed by atoms with van der Waals surface area (Å²) in [6.45, 7) is 2.17. The number of carbonyl (C=O) groups excluding carboxylic acids is 1. The lowest BCUT2D eigenvalue weighted by atomic mass is 10.1. The van der Waals surface area contributed by atoms with Gasteiger partial charge in [0.15, 0.2) is 5.58 Å². The van der Waals surface area contributed by atoms with Crippen molar-refractivity contribution >= 4 is 28.7 Å². The van der Waals surface area contributed by atoms with E-state index in [1.54, 1.807) is 18.2 Å². The molecular weight excluding hydrogens is 320 g/mol. The maximum absolute atomic E-state index is 12.1. The minimum absolute atomic E-state index is 0.0284. The number of anilines is 1. The van der Waals surface area contributed by atoms with Gasteiger partial charge in [-0.25, -0.2) is 4.98 Å². The SMILES string of the molecule is Cc1ccccc1-c1nc2cc(N3C[C@H](C(=O)O)CC3=O)ccc2o1. The van der Waals surface area contributed by atoms with Crippen LogP contribution in [0.5, 0.6) is 0 Å². The van der Waals surface area contributed by atoms with Crippen molar-refractivity contribution < 1.29 is 19.1 Å². The van der Waals surface area contributed by atoms with Gasteiger partial charge >= 0.3 is 5.97 Å². The van der Waals surface area contributed by atoms with E-state index in [0.717, 1.165) is 11.1 Å². The number of aryl methyl sites for hydroxylation is 1. The number of oxazole rings is 1. The maximum atomic E-state index is 12.1. The van der Waals surface area contributed by atoms with Crippen LogP contribution in [-0.4, -0.2) is 28.5 Å². The number of benzene rings is 2. The van der Waals surface area contributed by atoms with Gasteiger partial charge in [0.05, 0.1) is 5.92 Å². The van der Waals surface area contributed by atoms with E-state index in [1.165, 1.54) is 4.90 Å². The summed E-state index contributed by atoms with van der Waals surface area (Å²) in [5.74, 6) is -1.26. The third kappa shape index (κ3) is 2.65. The standard InChI is InChI=1S/C19H16N2O4/c1-11-4-2-3-5-14(11)18-20-15-9-13(6-7-16(15)25-18)21-10-12(19(23)24)8-17(21)22/h2-7,9,12H,8,10H2,1H3,(H,23,24)/t12-/m1/s1. The number of carbonyl (C=O) groups is 2. The van der Waals surface area contributed by atoms with Gasteiger partial charge < -0.3 is 14.4 Å². The van der Waals surface area contributed by atoms with E-state index < -0.39 is 11.9 Å². The molecule has 1 fully saturated rings. The van der Waals surface area contributed by atoms with Crippen molar-refractivity contribution in [3.8, 4) is 11.5 Å². The van der Waals surface area contributed by atoms with E-state index in [4.69, 9.17) is 9.52 Å². The second-order valence-electron chi connectivity index (χ2n) is 6.23. The van der Waals surface area contributed by atoms with E-state index in [9.17, 15) is 9.59 Å². The van der Waals surface area contributed by atoms with Gasteiger partial charge in [0, 0.05) is 24.2 Å². The second-order valence-corrected chi connectivity index (χ2v) is 6.23. The molecule has 0 aliphatic carbocycles. The smallest absolute Gasteiger partial charge is 0.308 e. The van der Waals surface area contributed by atoms with Crippen LogP contribution in [0.2, 0.25) is 0 Å². The van der Waals surface area contributed by atoms with Crippen LogP contribution < -0.4 is 4.90 Å². The number of nitrogens with zero attached hydrogens (tertiary/aromatic N) is 2. The Balaban J connectivity index is 1.71. The Labute approximate surface area is 143 Å². The highest BCUT2D eigenvalue weighted by molar-refractivity contribution is 6.00. The van der Waals surface area contributed by atoms with Crippen LogP contribution in [0.1, 0.15) is 12.0 Å². The van der Waals surface area contributed by atoms with Crippen molar-refractivity contribution in [2.75, 3.05) is 11.4 Å². The van der Waals surface area contributed by atoms with Gasteiger partial charge in [-0.1, -0.05) is 18.2 Å². The van der Waals surface area contributed by atoms with Crippen molar-refractivity contribution in [2.24, 2.45) is 5.92 Å². The second kappa shape index (κ2) is 5.73. The summed E-state index contributed by atoms with van der Waals surface area (Å²) in [5, 5.41) is 9.12. The Hall–Kier alpha value is -3.15. The van der Waals surface area contributed by atoms with Crippen molar-refractivity contribution in [3.63, 3.8) is 0 Å².